The minimum Gasteiger partial charge on any atom is -0.256 e. The predicted octanol–water partition coefficient (Wildman–Crippen LogP) is 5.62. The van der Waals surface area contributed by atoms with Gasteiger partial charge in [-0.05, 0) is 35.1 Å². The summed E-state index contributed by atoms with van der Waals surface area (Å²) in [5.74, 6) is 0.599. The van der Waals surface area contributed by atoms with E-state index in [2.05, 4.69) is 79.7 Å². The standard InChI is InChI=1S/C22H19N/c1-16-11-12-20-18(15-16)13-14-23-22(20)21-10-6-5-9-19(21)17-7-3-2-4-8-17/h2-14,16H,15H2,1H3. The zero-order valence-electron chi connectivity index (χ0n) is 13.2. The summed E-state index contributed by atoms with van der Waals surface area (Å²) in [4.78, 5) is 4.72. The normalized spacial score (nSPS) is 16.1. The highest BCUT2D eigenvalue weighted by molar-refractivity contribution is 5.86. The first-order chi connectivity index (χ1) is 11.3. The van der Waals surface area contributed by atoms with Crippen molar-refractivity contribution in [1.29, 1.82) is 0 Å². The van der Waals surface area contributed by atoms with Crippen LogP contribution in [-0.4, -0.2) is 4.98 Å². The average Bonchev–Trinajstić information content (AvgIpc) is 2.62. The number of nitrogens with zero attached hydrogens (tertiary/aromatic N) is 1. The molecule has 0 amide bonds. The van der Waals surface area contributed by atoms with E-state index in [1.54, 1.807) is 0 Å². The Morgan fingerprint density at radius 3 is 2.43 bits per heavy atom. The Morgan fingerprint density at radius 1 is 0.870 bits per heavy atom. The smallest absolute Gasteiger partial charge is 0.0783 e. The molecule has 0 bridgehead atoms. The fraction of sp³-hybridized carbons (Fsp3) is 0.136. The lowest BCUT2D eigenvalue weighted by atomic mass is 9.87. The molecule has 0 N–H and O–H groups in total. The molecule has 0 spiro atoms. The summed E-state index contributed by atoms with van der Waals surface area (Å²) in [6.45, 7) is 2.26. The number of fused-ring (bicyclic) bond motifs is 1. The Labute approximate surface area is 137 Å². The average molecular weight is 297 g/mol. The fourth-order valence-corrected chi connectivity index (χ4v) is 3.33. The van der Waals surface area contributed by atoms with Gasteiger partial charge in [-0.1, -0.05) is 73.7 Å². The van der Waals surface area contributed by atoms with Gasteiger partial charge in [-0.3, -0.25) is 4.98 Å². The van der Waals surface area contributed by atoms with Crippen molar-refractivity contribution in [1.82, 2.24) is 4.98 Å². The molecule has 1 aliphatic carbocycles. The van der Waals surface area contributed by atoms with Gasteiger partial charge in [-0.25, -0.2) is 0 Å². The minimum atomic E-state index is 0.599. The second kappa shape index (κ2) is 5.85. The molecule has 0 radical (unpaired) electrons. The molecule has 1 aromatic heterocycles. The van der Waals surface area contributed by atoms with Gasteiger partial charge in [-0.2, -0.15) is 0 Å². The quantitative estimate of drug-likeness (QED) is 0.598. The number of rotatable bonds is 2. The largest absolute Gasteiger partial charge is 0.256 e. The van der Waals surface area contributed by atoms with Crippen molar-refractivity contribution in [3.8, 4) is 22.4 Å². The number of allylic oxidation sites excluding steroid dienone is 1. The summed E-state index contributed by atoms with van der Waals surface area (Å²) in [5.41, 5.74) is 7.43. The van der Waals surface area contributed by atoms with E-state index >= 15 is 0 Å². The monoisotopic (exact) mass is 297 g/mol. The number of pyridine rings is 1. The Bertz CT molecular complexity index is 862. The molecular formula is C22H19N. The first-order valence-electron chi connectivity index (χ1n) is 8.14. The van der Waals surface area contributed by atoms with Crippen LogP contribution in [0.25, 0.3) is 28.5 Å². The molecule has 4 rings (SSSR count). The van der Waals surface area contributed by atoms with Crippen LogP contribution in [0.1, 0.15) is 18.1 Å². The highest BCUT2D eigenvalue weighted by Gasteiger charge is 2.17. The van der Waals surface area contributed by atoms with Gasteiger partial charge in [0.05, 0.1) is 5.69 Å². The predicted molar refractivity (Wildman–Crippen MR) is 97.0 cm³/mol. The summed E-state index contributed by atoms with van der Waals surface area (Å²) >= 11 is 0. The van der Waals surface area contributed by atoms with Gasteiger partial charge in [-0.15, -0.1) is 0 Å². The van der Waals surface area contributed by atoms with Crippen molar-refractivity contribution in [2.45, 2.75) is 13.3 Å². The Kier molecular flexibility index (Phi) is 3.55. The Hall–Kier alpha value is -2.67. The number of aromatic nitrogens is 1. The maximum atomic E-state index is 4.72. The van der Waals surface area contributed by atoms with E-state index in [0.29, 0.717) is 5.92 Å². The molecule has 0 saturated carbocycles. The maximum Gasteiger partial charge on any atom is 0.0783 e. The third-order valence-corrected chi connectivity index (χ3v) is 4.48. The molecule has 0 fully saturated rings. The number of hydrogen-bond donors (Lipinski definition) is 0. The van der Waals surface area contributed by atoms with Crippen LogP contribution in [-0.2, 0) is 6.42 Å². The third-order valence-electron chi connectivity index (χ3n) is 4.48. The summed E-state index contributed by atoms with van der Waals surface area (Å²) in [5, 5.41) is 0. The molecule has 23 heavy (non-hydrogen) atoms. The SMILES string of the molecule is CC1C=Cc2c(ccnc2-c2ccccc2-c2ccccc2)C1. The molecule has 1 unspecified atom stereocenters. The van der Waals surface area contributed by atoms with E-state index in [1.807, 2.05) is 6.20 Å². The highest BCUT2D eigenvalue weighted by atomic mass is 14.7. The molecule has 1 nitrogen and oxygen atoms in total. The summed E-state index contributed by atoms with van der Waals surface area (Å²) < 4.78 is 0. The lowest BCUT2D eigenvalue weighted by Crippen LogP contribution is -2.05. The molecular weight excluding hydrogens is 278 g/mol. The number of hydrogen-bond acceptors (Lipinski definition) is 1. The van der Waals surface area contributed by atoms with Gasteiger partial charge in [0.1, 0.15) is 0 Å². The van der Waals surface area contributed by atoms with Crippen molar-refractivity contribution in [2.75, 3.05) is 0 Å². The maximum absolute atomic E-state index is 4.72. The lowest BCUT2D eigenvalue weighted by molar-refractivity contribution is 0.716. The van der Waals surface area contributed by atoms with E-state index in [4.69, 9.17) is 4.98 Å². The van der Waals surface area contributed by atoms with Crippen molar-refractivity contribution in [3.63, 3.8) is 0 Å². The van der Waals surface area contributed by atoms with E-state index in [-0.39, 0.29) is 0 Å². The third kappa shape index (κ3) is 2.59. The molecule has 1 heteroatoms. The molecule has 1 aliphatic rings. The van der Waals surface area contributed by atoms with Crippen LogP contribution in [0, 0.1) is 5.92 Å². The number of benzene rings is 2. The van der Waals surface area contributed by atoms with E-state index in [9.17, 15) is 0 Å². The van der Waals surface area contributed by atoms with Crippen LogP contribution in [0.15, 0.2) is 72.9 Å². The Balaban J connectivity index is 1.92. The van der Waals surface area contributed by atoms with Gasteiger partial charge >= 0.3 is 0 Å². The van der Waals surface area contributed by atoms with E-state index in [1.165, 1.54) is 27.8 Å². The second-order valence-corrected chi connectivity index (χ2v) is 6.18. The molecule has 0 aliphatic heterocycles. The Morgan fingerprint density at radius 2 is 1.61 bits per heavy atom. The van der Waals surface area contributed by atoms with Crippen LogP contribution in [0.4, 0.5) is 0 Å². The van der Waals surface area contributed by atoms with Crippen molar-refractivity contribution >= 4 is 6.08 Å². The van der Waals surface area contributed by atoms with E-state index in [0.717, 1.165) is 12.1 Å². The molecule has 0 saturated heterocycles. The van der Waals surface area contributed by atoms with Gasteiger partial charge < -0.3 is 0 Å². The van der Waals surface area contributed by atoms with Gasteiger partial charge in [0.2, 0.25) is 0 Å². The van der Waals surface area contributed by atoms with Crippen LogP contribution < -0.4 is 0 Å². The highest BCUT2D eigenvalue weighted by Crippen LogP contribution is 2.36. The topological polar surface area (TPSA) is 12.9 Å². The molecule has 1 atom stereocenters. The zero-order chi connectivity index (χ0) is 15.6. The summed E-state index contributed by atoms with van der Waals surface area (Å²) in [6.07, 6.45) is 7.57. The fourth-order valence-electron chi connectivity index (χ4n) is 3.33. The first kappa shape index (κ1) is 14.0. The van der Waals surface area contributed by atoms with Gasteiger partial charge in [0.25, 0.3) is 0 Å². The summed E-state index contributed by atoms with van der Waals surface area (Å²) in [7, 11) is 0. The lowest BCUT2D eigenvalue weighted by Gasteiger charge is -2.19. The van der Waals surface area contributed by atoms with Gasteiger partial charge in [0.15, 0.2) is 0 Å². The second-order valence-electron chi connectivity index (χ2n) is 6.18. The van der Waals surface area contributed by atoms with Crippen molar-refractivity contribution < 1.29 is 0 Å². The zero-order valence-corrected chi connectivity index (χ0v) is 13.2. The first-order valence-corrected chi connectivity index (χ1v) is 8.14. The van der Waals surface area contributed by atoms with Crippen LogP contribution in [0.2, 0.25) is 0 Å². The molecule has 1 heterocycles. The molecule has 112 valence electrons. The molecule has 3 aromatic rings. The summed E-state index contributed by atoms with van der Waals surface area (Å²) in [6, 6.07) is 21.2. The van der Waals surface area contributed by atoms with Gasteiger partial charge in [0, 0.05) is 17.3 Å². The van der Waals surface area contributed by atoms with Crippen LogP contribution in [0.5, 0.6) is 0 Å². The van der Waals surface area contributed by atoms with Crippen LogP contribution >= 0.6 is 0 Å². The van der Waals surface area contributed by atoms with E-state index < -0.39 is 0 Å². The molecule has 2 aromatic carbocycles. The van der Waals surface area contributed by atoms with Crippen molar-refractivity contribution in [2.24, 2.45) is 5.92 Å². The van der Waals surface area contributed by atoms with Crippen molar-refractivity contribution in [3.05, 3.63) is 84.1 Å². The minimum absolute atomic E-state index is 0.599. The van der Waals surface area contributed by atoms with Crippen LogP contribution in [0.3, 0.4) is 0 Å².